The molecule has 0 saturated carbocycles. The maximum atomic E-state index is 11.8. The number of Topliss-reactive ketones (excluding diaryl/α,β-unsaturated/α-hetero) is 1. The Morgan fingerprint density at radius 1 is 1.00 bits per heavy atom. The van der Waals surface area contributed by atoms with Crippen molar-refractivity contribution in [3.63, 3.8) is 0 Å². The molecular formula is C14H13NO2. The zero-order valence-electron chi connectivity index (χ0n) is 9.37. The van der Waals surface area contributed by atoms with Gasteiger partial charge in [-0.3, -0.25) is 9.59 Å². The van der Waals surface area contributed by atoms with Gasteiger partial charge in [-0.2, -0.15) is 0 Å². The third-order valence-corrected chi connectivity index (χ3v) is 2.57. The van der Waals surface area contributed by atoms with Crippen LogP contribution in [0.1, 0.15) is 16.8 Å². The first-order chi connectivity index (χ1) is 8.27. The smallest absolute Gasteiger partial charge is 0.250 e. The minimum atomic E-state index is -0.0756. The number of benzene rings is 1. The molecule has 0 saturated heterocycles. The molecule has 0 radical (unpaired) electrons. The molecule has 0 bridgehead atoms. The van der Waals surface area contributed by atoms with E-state index in [-0.39, 0.29) is 11.3 Å². The van der Waals surface area contributed by atoms with Crippen LogP contribution >= 0.6 is 0 Å². The predicted octanol–water partition coefficient (Wildman–Crippen LogP) is 2.12. The van der Waals surface area contributed by atoms with Crippen LogP contribution in [-0.4, -0.2) is 10.4 Å². The number of carbonyl (C=O) groups excluding carboxylic acids is 1. The molecule has 0 N–H and O–H groups in total. The molecule has 0 fully saturated rings. The molecule has 0 unspecified atom stereocenters. The van der Waals surface area contributed by atoms with Gasteiger partial charge in [0.25, 0.3) is 5.56 Å². The Morgan fingerprint density at radius 3 is 2.41 bits per heavy atom. The second kappa shape index (κ2) is 5.25. The van der Waals surface area contributed by atoms with E-state index in [1.165, 1.54) is 6.07 Å². The molecule has 2 rings (SSSR count). The van der Waals surface area contributed by atoms with Gasteiger partial charge in [-0.25, -0.2) is 0 Å². The molecular weight excluding hydrogens is 214 g/mol. The highest BCUT2D eigenvalue weighted by Crippen LogP contribution is 2.03. The van der Waals surface area contributed by atoms with E-state index in [4.69, 9.17) is 0 Å². The van der Waals surface area contributed by atoms with Gasteiger partial charge in [-0.1, -0.05) is 36.4 Å². The first-order valence-electron chi connectivity index (χ1n) is 5.51. The van der Waals surface area contributed by atoms with E-state index < -0.39 is 0 Å². The van der Waals surface area contributed by atoms with Gasteiger partial charge in [0.1, 0.15) is 0 Å². The third kappa shape index (κ3) is 2.91. The number of ketones is 1. The van der Waals surface area contributed by atoms with Crippen molar-refractivity contribution >= 4 is 5.78 Å². The van der Waals surface area contributed by atoms with Gasteiger partial charge in [0.15, 0.2) is 5.78 Å². The van der Waals surface area contributed by atoms with Crippen molar-refractivity contribution in [2.75, 3.05) is 0 Å². The third-order valence-electron chi connectivity index (χ3n) is 2.57. The first-order valence-corrected chi connectivity index (χ1v) is 5.51. The lowest BCUT2D eigenvalue weighted by Gasteiger charge is -2.04. The van der Waals surface area contributed by atoms with Crippen molar-refractivity contribution < 1.29 is 4.79 Å². The highest BCUT2D eigenvalue weighted by molar-refractivity contribution is 5.95. The minimum absolute atomic E-state index is 0.0568. The van der Waals surface area contributed by atoms with E-state index in [0.717, 1.165) is 0 Å². The van der Waals surface area contributed by atoms with Gasteiger partial charge in [-0.05, 0) is 6.07 Å². The van der Waals surface area contributed by atoms with Gasteiger partial charge < -0.3 is 4.57 Å². The van der Waals surface area contributed by atoms with Gasteiger partial charge in [0, 0.05) is 30.8 Å². The molecule has 17 heavy (non-hydrogen) atoms. The van der Waals surface area contributed by atoms with Crippen molar-refractivity contribution in [1.82, 2.24) is 4.57 Å². The van der Waals surface area contributed by atoms with Crippen LogP contribution in [0, 0.1) is 0 Å². The minimum Gasteiger partial charge on any atom is -0.315 e. The maximum Gasteiger partial charge on any atom is 0.250 e. The first kappa shape index (κ1) is 11.3. The Balaban J connectivity index is 2.02. The summed E-state index contributed by atoms with van der Waals surface area (Å²) < 4.78 is 1.54. The summed E-state index contributed by atoms with van der Waals surface area (Å²) in [6, 6.07) is 14.1. The van der Waals surface area contributed by atoms with Crippen LogP contribution < -0.4 is 5.56 Å². The highest BCUT2D eigenvalue weighted by Gasteiger charge is 2.05. The number of aromatic nitrogens is 1. The average molecular weight is 227 g/mol. The molecule has 0 amide bonds. The van der Waals surface area contributed by atoms with E-state index in [1.807, 2.05) is 18.2 Å². The van der Waals surface area contributed by atoms with Crippen LogP contribution in [-0.2, 0) is 6.54 Å². The van der Waals surface area contributed by atoms with E-state index in [9.17, 15) is 9.59 Å². The summed E-state index contributed by atoms with van der Waals surface area (Å²) in [5.41, 5.74) is 0.616. The standard InChI is InChI=1S/C14H13NO2/c16-13(12-6-2-1-3-7-12)9-11-15-10-5-4-8-14(15)17/h1-8,10H,9,11H2. The van der Waals surface area contributed by atoms with Crippen LogP contribution in [0.25, 0.3) is 0 Å². The Bertz CT molecular complexity index is 558. The molecule has 0 aliphatic rings. The molecule has 86 valence electrons. The summed E-state index contributed by atoms with van der Waals surface area (Å²) in [5, 5.41) is 0. The van der Waals surface area contributed by atoms with Gasteiger partial charge in [0.05, 0.1) is 0 Å². The number of aryl methyl sites for hydroxylation is 1. The van der Waals surface area contributed by atoms with Crippen molar-refractivity contribution in [3.8, 4) is 0 Å². The summed E-state index contributed by atoms with van der Waals surface area (Å²) in [4.78, 5) is 23.2. The Kier molecular flexibility index (Phi) is 3.50. The molecule has 0 atom stereocenters. The molecule has 1 aromatic heterocycles. The fraction of sp³-hybridized carbons (Fsp3) is 0.143. The lowest BCUT2D eigenvalue weighted by atomic mass is 10.1. The van der Waals surface area contributed by atoms with Crippen LogP contribution in [0.4, 0.5) is 0 Å². The monoisotopic (exact) mass is 227 g/mol. The molecule has 1 heterocycles. The number of nitrogens with zero attached hydrogens (tertiary/aromatic N) is 1. The second-order valence-electron chi connectivity index (χ2n) is 3.77. The van der Waals surface area contributed by atoms with E-state index in [0.29, 0.717) is 18.5 Å². The number of hydrogen-bond acceptors (Lipinski definition) is 2. The van der Waals surface area contributed by atoms with Crippen LogP contribution in [0.5, 0.6) is 0 Å². The van der Waals surface area contributed by atoms with Gasteiger partial charge in [-0.15, -0.1) is 0 Å². The quantitative estimate of drug-likeness (QED) is 0.750. The molecule has 0 aliphatic carbocycles. The van der Waals surface area contributed by atoms with Crippen molar-refractivity contribution in [1.29, 1.82) is 0 Å². The number of carbonyl (C=O) groups is 1. The van der Waals surface area contributed by atoms with Crippen molar-refractivity contribution in [3.05, 3.63) is 70.6 Å². The SMILES string of the molecule is O=C(CCn1ccccc1=O)c1ccccc1. The fourth-order valence-electron chi connectivity index (χ4n) is 1.64. The molecule has 0 spiro atoms. The van der Waals surface area contributed by atoms with Crippen LogP contribution in [0.3, 0.4) is 0 Å². The summed E-state index contributed by atoms with van der Waals surface area (Å²) in [6.45, 7) is 0.424. The normalized spacial score (nSPS) is 10.1. The fourth-order valence-corrected chi connectivity index (χ4v) is 1.64. The number of rotatable bonds is 4. The largest absolute Gasteiger partial charge is 0.315 e. The second-order valence-corrected chi connectivity index (χ2v) is 3.77. The topological polar surface area (TPSA) is 39.1 Å². The van der Waals surface area contributed by atoms with Crippen molar-refractivity contribution in [2.45, 2.75) is 13.0 Å². The van der Waals surface area contributed by atoms with Gasteiger partial charge >= 0.3 is 0 Å². The summed E-state index contributed by atoms with van der Waals surface area (Å²) in [5.74, 6) is 0.0568. The predicted molar refractivity (Wildman–Crippen MR) is 66.1 cm³/mol. The molecule has 0 aliphatic heterocycles. The van der Waals surface area contributed by atoms with Crippen LogP contribution in [0.15, 0.2) is 59.5 Å². The molecule has 3 nitrogen and oxygen atoms in total. The Hall–Kier alpha value is -2.16. The Labute approximate surface area is 99.3 Å². The lowest BCUT2D eigenvalue weighted by Crippen LogP contribution is -2.19. The number of hydrogen-bond donors (Lipinski definition) is 0. The summed E-state index contributed by atoms with van der Waals surface area (Å²) in [6.07, 6.45) is 2.04. The highest BCUT2D eigenvalue weighted by atomic mass is 16.1. The zero-order valence-corrected chi connectivity index (χ0v) is 9.37. The summed E-state index contributed by atoms with van der Waals surface area (Å²) >= 11 is 0. The van der Waals surface area contributed by atoms with Gasteiger partial charge in [0.2, 0.25) is 0 Å². The zero-order chi connectivity index (χ0) is 12.1. The lowest BCUT2D eigenvalue weighted by molar-refractivity contribution is 0.0976. The van der Waals surface area contributed by atoms with Crippen LogP contribution in [0.2, 0.25) is 0 Å². The maximum absolute atomic E-state index is 11.8. The average Bonchev–Trinajstić information content (AvgIpc) is 2.38. The van der Waals surface area contributed by atoms with E-state index in [2.05, 4.69) is 0 Å². The van der Waals surface area contributed by atoms with E-state index in [1.54, 1.807) is 35.0 Å². The molecule has 1 aromatic carbocycles. The Morgan fingerprint density at radius 2 is 1.71 bits per heavy atom. The molecule has 3 heteroatoms. The number of pyridine rings is 1. The van der Waals surface area contributed by atoms with Crippen molar-refractivity contribution in [2.24, 2.45) is 0 Å². The van der Waals surface area contributed by atoms with E-state index >= 15 is 0 Å². The molecule has 2 aromatic rings. The summed E-state index contributed by atoms with van der Waals surface area (Å²) in [7, 11) is 0.